The molecule has 0 radical (unpaired) electrons. The molecule has 5 aromatic rings. The van der Waals surface area contributed by atoms with Crippen LogP contribution in [0.4, 0.5) is 23.1 Å². The van der Waals surface area contributed by atoms with Crippen LogP contribution >= 0.6 is 23.1 Å². The maximum atomic E-state index is 13.5. The smallest absolute Gasteiger partial charge is 0.229 e. The Balaban J connectivity index is 1.35. The second kappa shape index (κ2) is 13.4. The van der Waals surface area contributed by atoms with Crippen molar-refractivity contribution < 1.29 is 9.30 Å². The number of ether oxygens (including phenoxy) is 1. The molecule has 3 aromatic heterocycles. The van der Waals surface area contributed by atoms with Crippen molar-refractivity contribution in [3.05, 3.63) is 65.3 Å². The van der Waals surface area contributed by atoms with E-state index in [9.17, 15) is 4.57 Å². The highest BCUT2D eigenvalue weighted by atomic mass is 79.9. The van der Waals surface area contributed by atoms with E-state index in [4.69, 9.17) is 9.72 Å². The first-order valence-electron chi connectivity index (χ1n) is 15.1. The minimum atomic E-state index is -2.76. The van der Waals surface area contributed by atoms with E-state index in [1.165, 1.54) is 0 Å². The SMILES string of the molecule is COc1cc(CN2CCCN(C)CC2)c(-c2cnn(C)c2)cc1Nc1ncc(Br)c(Nc2ccc3nccnc3c2P(C)(C)=O)n1. The van der Waals surface area contributed by atoms with Crippen molar-refractivity contribution in [2.75, 3.05) is 64.3 Å². The third-order valence-corrected chi connectivity index (χ3v) is 10.2. The summed E-state index contributed by atoms with van der Waals surface area (Å²) < 4.78 is 21.8. The molecule has 0 aliphatic carbocycles. The molecule has 4 heterocycles. The number of aromatic nitrogens is 6. The van der Waals surface area contributed by atoms with Crippen molar-refractivity contribution in [1.29, 1.82) is 0 Å². The summed E-state index contributed by atoms with van der Waals surface area (Å²) in [5.74, 6) is 1.55. The fraction of sp³-hybridized carbons (Fsp3) is 0.344. The summed E-state index contributed by atoms with van der Waals surface area (Å²) in [6.45, 7) is 8.45. The average Bonchev–Trinajstić information content (AvgIpc) is 3.35. The van der Waals surface area contributed by atoms with Gasteiger partial charge in [0, 0.05) is 57.0 Å². The lowest BCUT2D eigenvalue weighted by atomic mass is 10.00. The normalized spacial score (nSPS) is 14.7. The Labute approximate surface area is 277 Å². The summed E-state index contributed by atoms with van der Waals surface area (Å²) >= 11 is 3.58. The number of fused-ring (bicyclic) bond motifs is 1. The first-order valence-corrected chi connectivity index (χ1v) is 18.4. The van der Waals surface area contributed by atoms with Gasteiger partial charge >= 0.3 is 0 Å². The van der Waals surface area contributed by atoms with Gasteiger partial charge < -0.3 is 24.8 Å². The first kappa shape index (κ1) is 32.1. The molecule has 2 N–H and O–H groups in total. The van der Waals surface area contributed by atoms with Crippen molar-refractivity contribution in [1.82, 2.24) is 39.5 Å². The van der Waals surface area contributed by atoms with Crippen molar-refractivity contribution in [3.8, 4) is 16.9 Å². The molecular formula is C32H38BrN10O2P. The number of nitrogens with zero attached hydrogens (tertiary/aromatic N) is 8. The van der Waals surface area contributed by atoms with E-state index >= 15 is 0 Å². The summed E-state index contributed by atoms with van der Waals surface area (Å²) in [5, 5.41) is 11.8. The molecule has 1 aliphatic heterocycles. The quantitative estimate of drug-likeness (QED) is 0.190. The Morgan fingerprint density at radius 2 is 1.80 bits per heavy atom. The van der Waals surface area contributed by atoms with Gasteiger partial charge in [0.15, 0.2) is 0 Å². The molecule has 0 bridgehead atoms. The zero-order valence-corrected chi connectivity index (χ0v) is 29.1. The third-order valence-electron chi connectivity index (χ3n) is 8.04. The van der Waals surface area contributed by atoms with Crippen LogP contribution in [-0.4, -0.2) is 93.2 Å². The molecule has 240 valence electrons. The Morgan fingerprint density at radius 1 is 0.978 bits per heavy atom. The minimum Gasteiger partial charge on any atom is -0.495 e. The summed E-state index contributed by atoms with van der Waals surface area (Å²) in [6.07, 6.45) is 9.95. The van der Waals surface area contributed by atoms with Gasteiger partial charge in [-0.25, -0.2) is 4.98 Å². The Morgan fingerprint density at radius 3 is 2.57 bits per heavy atom. The largest absolute Gasteiger partial charge is 0.495 e. The Bertz CT molecular complexity index is 1930. The van der Waals surface area contributed by atoms with Gasteiger partial charge in [0.1, 0.15) is 24.2 Å². The van der Waals surface area contributed by atoms with Crippen LogP contribution in [0.1, 0.15) is 12.0 Å². The van der Waals surface area contributed by atoms with Crippen LogP contribution in [0.25, 0.3) is 22.2 Å². The molecule has 46 heavy (non-hydrogen) atoms. The van der Waals surface area contributed by atoms with Crippen LogP contribution in [-0.2, 0) is 18.2 Å². The fourth-order valence-corrected chi connectivity index (χ4v) is 7.46. The second-order valence-corrected chi connectivity index (χ2v) is 15.9. The van der Waals surface area contributed by atoms with E-state index in [1.807, 2.05) is 36.3 Å². The van der Waals surface area contributed by atoms with E-state index in [0.717, 1.165) is 61.5 Å². The molecule has 0 saturated carbocycles. The average molecular weight is 706 g/mol. The Hall–Kier alpha value is -3.90. The number of methoxy groups -OCH3 is 1. The van der Waals surface area contributed by atoms with Crippen molar-refractivity contribution >= 4 is 62.6 Å². The molecule has 1 aliphatic rings. The van der Waals surface area contributed by atoms with Gasteiger partial charge in [-0.15, -0.1) is 0 Å². The van der Waals surface area contributed by atoms with Gasteiger partial charge in [-0.05, 0) is 91.2 Å². The number of likely N-dealkylation sites (N-methyl/N-ethyl adjacent to an activating group) is 1. The van der Waals surface area contributed by atoms with Gasteiger partial charge in [-0.3, -0.25) is 19.5 Å². The molecule has 0 unspecified atom stereocenters. The van der Waals surface area contributed by atoms with Crippen LogP contribution in [0.15, 0.2) is 59.7 Å². The zero-order chi connectivity index (χ0) is 32.4. The molecular weight excluding hydrogens is 667 g/mol. The lowest BCUT2D eigenvalue weighted by Crippen LogP contribution is -2.28. The van der Waals surface area contributed by atoms with E-state index in [-0.39, 0.29) is 0 Å². The number of halogens is 1. The molecule has 0 spiro atoms. The van der Waals surface area contributed by atoms with Gasteiger partial charge in [-0.1, -0.05) is 0 Å². The number of rotatable bonds is 9. The standard InChI is InChI=1S/C32H38BrN10O2P/c1-41-11-6-12-43(14-13-41)20-21-15-28(45-3)27(16-23(21)22-17-37-42(2)19-22)39-32-36-18-24(33)31(40-32)38-26-8-7-25-29(35-10-9-34-25)30(26)46(4,5)44/h7-10,15-19H,6,11-14,20H2,1-5H3,(H2,36,38,39,40). The number of benzene rings is 2. The summed E-state index contributed by atoms with van der Waals surface area (Å²) in [5.41, 5.74) is 5.89. The van der Waals surface area contributed by atoms with Crippen LogP contribution in [0.2, 0.25) is 0 Å². The summed E-state index contributed by atoms with van der Waals surface area (Å²) in [6, 6.07) is 7.89. The highest BCUT2D eigenvalue weighted by Gasteiger charge is 2.23. The molecule has 0 atom stereocenters. The number of hydrogen-bond acceptors (Lipinski definition) is 11. The van der Waals surface area contributed by atoms with Crippen LogP contribution in [0.3, 0.4) is 0 Å². The molecule has 6 rings (SSSR count). The van der Waals surface area contributed by atoms with E-state index in [0.29, 0.717) is 44.0 Å². The van der Waals surface area contributed by atoms with Crippen molar-refractivity contribution in [3.63, 3.8) is 0 Å². The monoisotopic (exact) mass is 704 g/mol. The molecule has 2 aromatic carbocycles. The van der Waals surface area contributed by atoms with Gasteiger partial charge in [0.2, 0.25) is 5.95 Å². The second-order valence-electron chi connectivity index (χ2n) is 11.9. The van der Waals surface area contributed by atoms with E-state index in [1.54, 1.807) is 39.0 Å². The topological polar surface area (TPSA) is 126 Å². The van der Waals surface area contributed by atoms with Gasteiger partial charge in [0.25, 0.3) is 0 Å². The molecule has 1 saturated heterocycles. The third kappa shape index (κ3) is 7.07. The van der Waals surface area contributed by atoms with Gasteiger partial charge in [-0.2, -0.15) is 10.1 Å². The maximum absolute atomic E-state index is 13.5. The van der Waals surface area contributed by atoms with Gasteiger partial charge in [0.05, 0.1) is 40.0 Å². The highest BCUT2D eigenvalue weighted by Crippen LogP contribution is 2.41. The number of nitrogens with one attached hydrogen (secondary N) is 2. The highest BCUT2D eigenvalue weighted by molar-refractivity contribution is 9.10. The predicted octanol–water partition coefficient (Wildman–Crippen LogP) is 5.46. The van der Waals surface area contributed by atoms with Crippen LogP contribution in [0.5, 0.6) is 5.75 Å². The number of anilines is 4. The summed E-state index contributed by atoms with van der Waals surface area (Å²) in [4.78, 5) is 23.1. The Kier molecular flexibility index (Phi) is 9.37. The fourth-order valence-electron chi connectivity index (χ4n) is 5.78. The lowest BCUT2D eigenvalue weighted by Gasteiger charge is -2.23. The van der Waals surface area contributed by atoms with Crippen molar-refractivity contribution in [2.24, 2.45) is 7.05 Å². The molecule has 0 amide bonds. The van der Waals surface area contributed by atoms with Crippen molar-refractivity contribution in [2.45, 2.75) is 13.0 Å². The molecule has 1 fully saturated rings. The maximum Gasteiger partial charge on any atom is 0.229 e. The molecule has 12 nitrogen and oxygen atoms in total. The summed E-state index contributed by atoms with van der Waals surface area (Å²) in [7, 11) is 3.01. The van der Waals surface area contributed by atoms with Crippen LogP contribution in [0, 0.1) is 0 Å². The minimum absolute atomic E-state index is 0.364. The number of aryl methyl sites for hydroxylation is 1. The predicted molar refractivity (Wildman–Crippen MR) is 188 cm³/mol. The van der Waals surface area contributed by atoms with E-state index in [2.05, 4.69) is 75.6 Å². The molecule has 14 heteroatoms. The zero-order valence-electron chi connectivity index (χ0n) is 26.7. The van der Waals surface area contributed by atoms with Crippen LogP contribution < -0.4 is 20.7 Å². The first-order chi connectivity index (χ1) is 22.1. The number of hydrogen-bond donors (Lipinski definition) is 2. The van der Waals surface area contributed by atoms with E-state index < -0.39 is 7.14 Å². The lowest BCUT2D eigenvalue weighted by molar-refractivity contribution is 0.269.